The number of fused-ring (bicyclic) bond motifs is 1. The minimum atomic E-state index is -0.379. The maximum Gasteiger partial charge on any atom is 0.263 e. The summed E-state index contributed by atoms with van der Waals surface area (Å²) in [5.41, 5.74) is 1.19. The lowest BCUT2D eigenvalue weighted by Crippen LogP contribution is -2.53. The second-order valence-electron chi connectivity index (χ2n) is 8.30. The fourth-order valence-electron chi connectivity index (χ4n) is 4.51. The van der Waals surface area contributed by atoms with Gasteiger partial charge in [-0.3, -0.25) is 4.79 Å². The second kappa shape index (κ2) is 8.70. The van der Waals surface area contributed by atoms with Crippen LogP contribution >= 0.6 is 0 Å². The predicted octanol–water partition coefficient (Wildman–Crippen LogP) is 1.66. The smallest absolute Gasteiger partial charge is 0.263 e. The molecule has 0 bridgehead atoms. The molecule has 1 atom stereocenters. The zero-order valence-electron chi connectivity index (χ0n) is 18.0. The minimum Gasteiger partial charge on any atom is -0.480 e. The van der Waals surface area contributed by atoms with Crippen molar-refractivity contribution in [1.29, 1.82) is 0 Å². The fraction of sp³-hybridized carbons (Fsp3) is 0.522. The predicted molar refractivity (Wildman–Crippen MR) is 118 cm³/mol. The number of carbonyl (C=O) groups is 1. The number of aryl methyl sites for hydroxylation is 2. The van der Waals surface area contributed by atoms with Crippen LogP contribution in [0.5, 0.6) is 5.75 Å². The number of morpholine rings is 1. The summed E-state index contributed by atoms with van der Waals surface area (Å²) in [5.74, 6) is 3.61. The molecule has 2 aromatic rings. The van der Waals surface area contributed by atoms with Crippen molar-refractivity contribution < 1.29 is 14.3 Å². The van der Waals surface area contributed by atoms with Gasteiger partial charge in [-0.05, 0) is 31.4 Å². The Kier molecular flexibility index (Phi) is 5.63. The number of hydrogen-bond donors (Lipinski definition) is 0. The van der Waals surface area contributed by atoms with Gasteiger partial charge in [0.05, 0.1) is 13.2 Å². The van der Waals surface area contributed by atoms with Gasteiger partial charge >= 0.3 is 0 Å². The average Bonchev–Trinajstić information content (AvgIpc) is 2.83. The summed E-state index contributed by atoms with van der Waals surface area (Å²) in [7, 11) is 0. The molecule has 0 N–H and O–H groups in total. The molecule has 0 radical (unpaired) electrons. The zero-order valence-corrected chi connectivity index (χ0v) is 18.0. The van der Waals surface area contributed by atoms with Crippen LogP contribution in [0.4, 0.5) is 11.6 Å². The number of piperazine rings is 1. The van der Waals surface area contributed by atoms with E-state index in [1.165, 1.54) is 5.56 Å². The Bertz CT molecular complexity index is 939. The highest BCUT2D eigenvalue weighted by Crippen LogP contribution is 2.28. The molecule has 1 unspecified atom stereocenters. The van der Waals surface area contributed by atoms with E-state index in [0.717, 1.165) is 75.4 Å². The summed E-state index contributed by atoms with van der Waals surface area (Å²) in [6, 6.07) is 10.1. The minimum absolute atomic E-state index is 0.0991. The first-order valence-electron chi connectivity index (χ1n) is 11.1. The van der Waals surface area contributed by atoms with Gasteiger partial charge in [-0.25, -0.2) is 9.97 Å². The third-order valence-corrected chi connectivity index (χ3v) is 6.25. The first kappa shape index (κ1) is 20.1. The normalized spacial score (nSPS) is 21.5. The molecule has 1 aromatic carbocycles. The zero-order chi connectivity index (χ0) is 21.2. The number of carbonyl (C=O) groups excluding carboxylic acids is 1. The molecule has 3 aliphatic rings. The van der Waals surface area contributed by atoms with E-state index in [0.29, 0.717) is 13.1 Å². The summed E-state index contributed by atoms with van der Waals surface area (Å²) in [6.45, 7) is 7.96. The Morgan fingerprint density at radius 1 is 0.968 bits per heavy atom. The Morgan fingerprint density at radius 3 is 2.39 bits per heavy atom. The van der Waals surface area contributed by atoms with Crippen LogP contribution in [-0.2, 0) is 16.0 Å². The number of hydrogen-bond acceptors (Lipinski definition) is 7. The van der Waals surface area contributed by atoms with Gasteiger partial charge in [-0.1, -0.05) is 18.2 Å². The number of para-hydroxylation sites is 1. The SMILES string of the molecule is Cc1nc(N2CCOCC2)cc(N2CCN(C(=O)C3CCc4ccccc4O3)CC2)n1. The van der Waals surface area contributed by atoms with Gasteiger partial charge in [0.15, 0.2) is 6.10 Å². The molecule has 5 rings (SSSR count). The lowest BCUT2D eigenvalue weighted by Gasteiger charge is -2.38. The molecular weight excluding hydrogens is 394 g/mol. The largest absolute Gasteiger partial charge is 0.480 e. The molecule has 164 valence electrons. The van der Waals surface area contributed by atoms with Crippen LogP contribution in [-0.4, -0.2) is 79.4 Å². The summed E-state index contributed by atoms with van der Waals surface area (Å²) in [6.07, 6.45) is 1.25. The molecule has 3 aliphatic heterocycles. The number of rotatable bonds is 3. The van der Waals surface area contributed by atoms with Crippen LogP contribution in [0, 0.1) is 6.92 Å². The van der Waals surface area contributed by atoms with Crippen molar-refractivity contribution in [3.05, 3.63) is 41.7 Å². The second-order valence-corrected chi connectivity index (χ2v) is 8.30. The van der Waals surface area contributed by atoms with Crippen molar-refractivity contribution in [3.63, 3.8) is 0 Å². The molecule has 2 fully saturated rings. The molecule has 2 saturated heterocycles. The average molecular weight is 424 g/mol. The van der Waals surface area contributed by atoms with Crippen molar-refractivity contribution in [2.75, 3.05) is 62.3 Å². The Hall–Kier alpha value is -2.87. The van der Waals surface area contributed by atoms with E-state index in [-0.39, 0.29) is 12.0 Å². The highest BCUT2D eigenvalue weighted by atomic mass is 16.5. The van der Waals surface area contributed by atoms with Gasteiger partial charge in [0, 0.05) is 45.3 Å². The van der Waals surface area contributed by atoms with E-state index < -0.39 is 0 Å². The van der Waals surface area contributed by atoms with Gasteiger partial charge in [-0.2, -0.15) is 0 Å². The Balaban J connectivity index is 1.22. The lowest BCUT2D eigenvalue weighted by molar-refractivity contribution is -0.139. The highest BCUT2D eigenvalue weighted by Gasteiger charge is 2.32. The molecule has 0 aliphatic carbocycles. The van der Waals surface area contributed by atoms with E-state index in [9.17, 15) is 4.79 Å². The third kappa shape index (κ3) is 4.30. The third-order valence-electron chi connectivity index (χ3n) is 6.25. The number of aromatic nitrogens is 2. The van der Waals surface area contributed by atoms with Crippen molar-refractivity contribution in [3.8, 4) is 5.75 Å². The van der Waals surface area contributed by atoms with Crippen LogP contribution in [0.25, 0.3) is 0 Å². The van der Waals surface area contributed by atoms with Gasteiger partial charge in [0.1, 0.15) is 23.2 Å². The molecule has 0 spiro atoms. The number of anilines is 2. The standard InChI is InChI=1S/C23H29N5O3/c1-17-24-21(16-22(25-17)27-12-14-30-15-13-27)26-8-10-28(11-9-26)23(29)20-7-6-18-4-2-3-5-19(18)31-20/h2-5,16,20H,6-15H2,1H3. The maximum absolute atomic E-state index is 13.1. The van der Waals surface area contributed by atoms with Gasteiger partial charge in [-0.15, -0.1) is 0 Å². The molecule has 1 amide bonds. The number of ether oxygens (including phenoxy) is 2. The van der Waals surface area contributed by atoms with Crippen molar-refractivity contribution >= 4 is 17.5 Å². The number of amides is 1. The van der Waals surface area contributed by atoms with Crippen molar-refractivity contribution in [1.82, 2.24) is 14.9 Å². The topological polar surface area (TPSA) is 71.0 Å². The van der Waals surface area contributed by atoms with E-state index in [4.69, 9.17) is 9.47 Å². The summed E-state index contributed by atoms with van der Waals surface area (Å²) >= 11 is 0. The van der Waals surface area contributed by atoms with Gasteiger partial charge in [0.2, 0.25) is 0 Å². The summed E-state index contributed by atoms with van der Waals surface area (Å²) in [4.78, 5) is 28.8. The van der Waals surface area contributed by atoms with Gasteiger partial charge < -0.3 is 24.2 Å². The van der Waals surface area contributed by atoms with Crippen LogP contribution in [0.2, 0.25) is 0 Å². The number of nitrogens with zero attached hydrogens (tertiary/aromatic N) is 5. The molecule has 31 heavy (non-hydrogen) atoms. The molecule has 4 heterocycles. The summed E-state index contributed by atoms with van der Waals surface area (Å²) < 4.78 is 11.5. The van der Waals surface area contributed by atoms with Crippen molar-refractivity contribution in [2.24, 2.45) is 0 Å². The van der Waals surface area contributed by atoms with E-state index in [1.807, 2.05) is 30.0 Å². The van der Waals surface area contributed by atoms with E-state index in [2.05, 4.69) is 31.9 Å². The Morgan fingerprint density at radius 2 is 1.65 bits per heavy atom. The maximum atomic E-state index is 13.1. The quantitative estimate of drug-likeness (QED) is 0.744. The monoisotopic (exact) mass is 423 g/mol. The first-order chi connectivity index (χ1) is 15.2. The van der Waals surface area contributed by atoms with Gasteiger partial charge in [0.25, 0.3) is 5.91 Å². The van der Waals surface area contributed by atoms with Crippen LogP contribution in [0.1, 0.15) is 17.8 Å². The molecular formula is C23H29N5O3. The van der Waals surface area contributed by atoms with Crippen molar-refractivity contribution in [2.45, 2.75) is 25.9 Å². The highest BCUT2D eigenvalue weighted by molar-refractivity contribution is 5.82. The fourth-order valence-corrected chi connectivity index (χ4v) is 4.51. The summed E-state index contributed by atoms with van der Waals surface area (Å²) in [5, 5.41) is 0. The van der Waals surface area contributed by atoms with Crippen LogP contribution in [0.3, 0.4) is 0 Å². The van der Waals surface area contributed by atoms with Crippen LogP contribution in [0.15, 0.2) is 30.3 Å². The molecule has 8 heteroatoms. The number of benzene rings is 1. The molecule has 0 saturated carbocycles. The van der Waals surface area contributed by atoms with Crippen LogP contribution < -0.4 is 14.5 Å². The molecule has 8 nitrogen and oxygen atoms in total. The van der Waals surface area contributed by atoms with E-state index >= 15 is 0 Å². The lowest BCUT2D eigenvalue weighted by atomic mass is 10.0. The first-order valence-corrected chi connectivity index (χ1v) is 11.1. The molecule has 1 aromatic heterocycles. The van der Waals surface area contributed by atoms with E-state index in [1.54, 1.807) is 0 Å². The Labute approximate surface area is 182 Å².